The molecule has 0 aliphatic carbocycles. The predicted octanol–water partition coefficient (Wildman–Crippen LogP) is 2.21. The maximum Gasteiger partial charge on any atom is 0.120 e. The van der Waals surface area contributed by atoms with E-state index in [1.807, 2.05) is 18.2 Å². The van der Waals surface area contributed by atoms with Gasteiger partial charge in [0, 0.05) is 11.6 Å². The molecule has 1 atom stereocenters. The zero-order valence-corrected chi connectivity index (χ0v) is 7.66. The first-order valence-corrected chi connectivity index (χ1v) is 4.89. The summed E-state index contributed by atoms with van der Waals surface area (Å²) in [7, 11) is 0. The SMILES string of the molecule is Oc1ccccc1[C@@H]1CCCCN1. The summed E-state index contributed by atoms with van der Waals surface area (Å²) in [5.74, 6) is 0.418. The monoisotopic (exact) mass is 177 g/mol. The zero-order chi connectivity index (χ0) is 9.10. The van der Waals surface area contributed by atoms with E-state index in [2.05, 4.69) is 5.32 Å². The first kappa shape index (κ1) is 8.57. The van der Waals surface area contributed by atoms with E-state index in [4.69, 9.17) is 0 Å². The van der Waals surface area contributed by atoms with Crippen molar-refractivity contribution in [3.63, 3.8) is 0 Å². The van der Waals surface area contributed by atoms with E-state index >= 15 is 0 Å². The lowest BCUT2D eigenvalue weighted by molar-refractivity contribution is 0.391. The molecule has 1 saturated heterocycles. The number of hydrogen-bond donors (Lipinski definition) is 2. The summed E-state index contributed by atoms with van der Waals surface area (Å²) in [4.78, 5) is 0. The van der Waals surface area contributed by atoms with Crippen molar-refractivity contribution in [1.29, 1.82) is 0 Å². The lowest BCUT2D eigenvalue weighted by atomic mass is 9.97. The summed E-state index contributed by atoms with van der Waals surface area (Å²) in [5, 5.41) is 13.0. The molecule has 1 aliphatic heterocycles. The zero-order valence-electron chi connectivity index (χ0n) is 7.66. The van der Waals surface area contributed by atoms with Gasteiger partial charge >= 0.3 is 0 Å². The van der Waals surface area contributed by atoms with Crippen LogP contribution in [0.2, 0.25) is 0 Å². The topological polar surface area (TPSA) is 32.3 Å². The van der Waals surface area contributed by atoms with Crippen molar-refractivity contribution in [2.24, 2.45) is 0 Å². The second-order valence-corrected chi connectivity index (χ2v) is 3.56. The van der Waals surface area contributed by atoms with Crippen molar-refractivity contribution in [2.75, 3.05) is 6.54 Å². The summed E-state index contributed by atoms with van der Waals surface area (Å²) in [6, 6.07) is 7.95. The van der Waals surface area contributed by atoms with Gasteiger partial charge in [0.05, 0.1) is 0 Å². The maximum atomic E-state index is 9.62. The minimum Gasteiger partial charge on any atom is -0.508 e. The Balaban J connectivity index is 2.18. The highest BCUT2D eigenvalue weighted by Gasteiger charge is 2.16. The maximum absolute atomic E-state index is 9.62. The van der Waals surface area contributed by atoms with Crippen LogP contribution in [0.15, 0.2) is 24.3 Å². The van der Waals surface area contributed by atoms with Gasteiger partial charge in [-0.2, -0.15) is 0 Å². The van der Waals surface area contributed by atoms with E-state index in [1.165, 1.54) is 12.8 Å². The smallest absolute Gasteiger partial charge is 0.120 e. The van der Waals surface area contributed by atoms with E-state index < -0.39 is 0 Å². The minimum absolute atomic E-state index is 0.356. The molecule has 1 heterocycles. The predicted molar refractivity (Wildman–Crippen MR) is 52.7 cm³/mol. The highest BCUT2D eigenvalue weighted by Crippen LogP contribution is 2.28. The fraction of sp³-hybridized carbons (Fsp3) is 0.455. The van der Waals surface area contributed by atoms with Crippen LogP contribution in [0.1, 0.15) is 30.9 Å². The van der Waals surface area contributed by atoms with Crippen LogP contribution in [0.25, 0.3) is 0 Å². The van der Waals surface area contributed by atoms with E-state index in [0.29, 0.717) is 11.8 Å². The molecule has 70 valence electrons. The highest BCUT2D eigenvalue weighted by atomic mass is 16.3. The number of benzene rings is 1. The van der Waals surface area contributed by atoms with Gasteiger partial charge in [0.2, 0.25) is 0 Å². The summed E-state index contributed by atoms with van der Waals surface area (Å²) >= 11 is 0. The van der Waals surface area contributed by atoms with Gasteiger partial charge in [-0.3, -0.25) is 0 Å². The first-order valence-electron chi connectivity index (χ1n) is 4.89. The Kier molecular flexibility index (Phi) is 2.50. The van der Waals surface area contributed by atoms with Gasteiger partial charge < -0.3 is 10.4 Å². The third kappa shape index (κ3) is 1.83. The number of para-hydroxylation sites is 1. The molecule has 2 rings (SSSR count). The molecule has 0 bridgehead atoms. The van der Waals surface area contributed by atoms with E-state index in [0.717, 1.165) is 18.5 Å². The van der Waals surface area contributed by atoms with Crippen molar-refractivity contribution in [1.82, 2.24) is 5.32 Å². The van der Waals surface area contributed by atoms with Crippen LogP contribution in [0, 0.1) is 0 Å². The Morgan fingerprint density at radius 3 is 2.77 bits per heavy atom. The molecule has 0 radical (unpaired) electrons. The van der Waals surface area contributed by atoms with Gasteiger partial charge in [-0.15, -0.1) is 0 Å². The molecule has 1 fully saturated rings. The molecule has 0 saturated carbocycles. The van der Waals surface area contributed by atoms with Gasteiger partial charge in [-0.05, 0) is 25.5 Å². The lowest BCUT2D eigenvalue weighted by Crippen LogP contribution is -2.26. The van der Waals surface area contributed by atoms with Gasteiger partial charge in [0.1, 0.15) is 5.75 Å². The number of aromatic hydroxyl groups is 1. The van der Waals surface area contributed by atoms with Crippen molar-refractivity contribution < 1.29 is 5.11 Å². The summed E-state index contributed by atoms with van der Waals surface area (Å²) in [6.07, 6.45) is 3.65. The Bertz CT molecular complexity index is 279. The number of nitrogens with one attached hydrogen (secondary N) is 1. The van der Waals surface area contributed by atoms with Crippen molar-refractivity contribution >= 4 is 0 Å². The number of phenols is 1. The van der Waals surface area contributed by atoms with Crippen LogP contribution in [0.5, 0.6) is 5.75 Å². The summed E-state index contributed by atoms with van der Waals surface area (Å²) < 4.78 is 0. The molecule has 2 heteroatoms. The number of piperidine rings is 1. The lowest BCUT2D eigenvalue weighted by Gasteiger charge is -2.24. The average molecular weight is 177 g/mol. The Labute approximate surface area is 78.6 Å². The summed E-state index contributed by atoms with van der Waals surface area (Å²) in [5.41, 5.74) is 1.04. The molecule has 1 aromatic carbocycles. The number of hydrogen-bond acceptors (Lipinski definition) is 2. The molecule has 0 amide bonds. The van der Waals surface area contributed by atoms with Gasteiger partial charge in [0.25, 0.3) is 0 Å². The Morgan fingerprint density at radius 2 is 2.08 bits per heavy atom. The third-order valence-corrected chi connectivity index (χ3v) is 2.62. The fourth-order valence-electron chi connectivity index (χ4n) is 1.90. The van der Waals surface area contributed by atoms with Crippen LogP contribution in [0.4, 0.5) is 0 Å². The van der Waals surface area contributed by atoms with Crippen molar-refractivity contribution in [3.05, 3.63) is 29.8 Å². The minimum atomic E-state index is 0.356. The normalized spacial score (nSPS) is 22.9. The second kappa shape index (κ2) is 3.79. The van der Waals surface area contributed by atoms with Crippen molar-refractivity contribution in [2.45, 2.75) is 25.3 Å². The molecule has 0 spiro atoms. The highest BCUT2D eigenvalue weighted by molar-refractivity contribution is 5.34. The molecular weight excluding hydrogens is 162 g/mol. The molecule has 2 nitrogen and oxygen atoms in total. The Morgan fingerprint density at radius 1 is 1.23 bits per heavy atom. The van der Waals surface area contributed by atoms with E-state index in [9.17, 15) is 5.11 Å². The van der Waals surface area contributed by atoms with Gasteiger partial charge in [-0.1, -0.05) is 24.6 Å². The van der Waals surface area contributed by atoms with Crippen LogP contribution in [0.3, 0.4) is 0 Å². The molecule has 1 aromatic rings. The Hall–Kier alpha value is -1.02. The quantitative estimate of drug-likeness (QED) is 0.689. The van der Waals surface area contributed by atoms with E-state index in [-0.39, 0.29) is 0 Å². The van der Waals surface area contributed by atoms with E-state index in [1.54, 1.807) is 6.07 Å². The van der Waals surface area contributed by atoms with Crippen molar-refractivity contribution in [3.8, 4) is 5.75 Å². The molecule has 13 heavy (non-hydrogen) atoms. The molecular formula is C11H15NO. The van der Waals surface area contributed by atoms with Crippen LogP contribution < -0.4 is 5.32 Å². The third-order valence-electron chi connectivity index (χ3n) is 2.62. The summed E-state index contributed by atoms with van der Waals surface area (Å²) in [6.45, 7) is 1.07. The number of rotatable bonds is 1. The second-order valence-electron chi connectivity index (χ2n) is 3.56. The molecule has 0 unspecified atom stereocenters. The number of phenolic OH excluding ortho intramolecular Hbond substituents is 1. The van der Waals surface area contributed by atoms with Crippen LogP contribution in [-0.2, 0) is 0 Å². The standard InChI is InChI=1S/C11H15NO/c13-11-7-2-1-5-9(11)10-6-3-4-8-12-10/h1-2,5,7,10,12-13H,3-4,6,8H2/t10-/m0/s1. The van der Waals surface area contributed by atoms with Gasteiger partial charge in [0.15, 0.2) is 0 Å². The van der Waals surface area contributed by atoms with Crippen LogP contribution in [-0.4, -0.2) is 11.7 Å². The molecule has 2 N–H and O–H groups in total. The molecule has 0 aromatic heterocycles. The average Bonchev–Trinajstić information content (AvgIpc) is 2.20. The largest absolute Gasteiger partial charge is 0.508 e. The van der Waals surface area contributed by atoms with Crippen LogP contribution >= 0.6 is 0 Å². The molecule has 1 aliphatic rings. The first-order chi connectivity index (χ1) is 6.38. The van der Waals surface area contributed by atoms with Gasteiger partial charge in [-0.25, -0.2) is 0 Å². The fourth-order valence-corrected chi connectivity index (χ4v) is 1.90.